The van der Waals surface area contributed by atoms with Crippen molar-refractivity contribution in [1.82, 2.24) is 10.2 Å². The molecule has 0 atom stereocenters. The summed E-state index contributed by atoms with van der Waals surface area (Å²) in [5.74, 6) is 0.173. The maximum Gasteiger partial charge on any atom is 0.124 e. The van der Waals surface area contributed by atoms with Crippen molar-refractivity contribution >= 4 is 22.3 Å². The molecule has 2 aromatic carbocycles. The van der Waals surface area contributed by atoms with Crippen LogP contribution in [0.3, 0.4) is 0 Å². The van der Waals surface area contributed by atoms with Gasteiger partial charge in [-0.1, -0.05) is 0 Å². The van der Waals surface area contributed by atoms with Gasteiger partial charge in [0.2, 0.25) is 0 Å². The highest BCUT2D eigenvalue weighted by Gasteiger charge is 2.24. The Labute approximate surface area is 164 Å². The SMILES string of the molecule is Fc1ccc2[nH]nc(C3CCN(c4ccc(N5CCOCC5)cc4)CC3)c2c1. The molecule has 28 heavy (non-hydrogen) atoms. The number of benzene rings is 2. The van der Waals surface area contributed by atoms with E-state index >= 15 is 0 Å². The van der Waals surface area contributed by atoms with E-state index in [9.17, 15) is 4.39 Å². The molecule has 1 N–H and O–H groups in total. The molecule has 5 nitrogen and oxygen atoms in total. The fraction of sp³-hybridized carbons (Fsp3) is 0.409. The zero-order valence-corrected chi connectivity index (χ0v) is 15.9. The van der Waals surface area contributed by atoms with Crippen LogP contribution < -0.4 is 9.80 Å². The first kappa shape index (κ1) is 17.5. The fourth-order valence-electron chi connectivity index (χ4n) is 4.42. The third-order valence-electron chi connectivity index (χ3n) is 6.03. The van der Waals surface area contributed by atoms with E-state index in [0.29, 0.717) is 5.92 Å². The highest BCUT2D eigenvalue weighted by atomic mass is 19.1. The van der Waals surface area contributed by atoms with Gasteiger partial charge in [-0.15, -0.1) is 0 Å². The smallest absolute Gasteiger partial charge is 0.124 e. The maximum atomic E-state index is 13.7. The maximum absolute atomic E-state index is 13.7. The first-order chi connectivity index (χ1) is 13.8. The molecule has 0 spiro atoms. The molecule has 0 unspecified atom stereocenters. The van der Waals surface area contributed by atoms with Crippen molar-refractivity contribution in [1.29, 1.82) is 0 Å². The molecule has 0 bridgehead atoms. The Balaban J connectivity index is 1.26. The van der Waals surface area contributed by atoms with E-state index < -0.39 is 0 Å². The number of anilines is 2. The van der Waals surface area contributed by atoms with E-state index in [-0.39, 0.29) is 5.82 Å². The largest absolute Gasteiger partial charge is 0.378 e. The van der Waals surface area contributed by atoms with Crippen LogP contribution in [0, 0.1) is 5.82 Å². The lowest BCUT2D eigenvalue weighted by Gasteiger charge is -2.34. The van der Waals surface area contributed by atoms with Crippen molar-refractivity contribution in [2.75, 3.05) is 49.2 Å². The van der Waals surface area contributed by atoms with E-state index in [1.54, 1.807) is 12.1 Å². The molecule has 3 aromatic rings. The van der Waals surface area contributed by atoms with Gasteiger partial charge >= 0.3 is 0 Å². The number of morpholine rings is 1. The molecule has 146 valence electrons. The standard InChI is InChI=1S/C22H25FN4O/c23-17-1-6-21-20(15-17)22(25-24-21)16-7-9-26(10-8-16)18-2-4-19(5-3-18)27-11-13-28-14-12-27/h1-6,15-16H,7-14H2,(H,24,25). The minimum Gasteiger partial charge on any atom is -0.378 e. The number of ether oxygens (including phenoxy) is 1. The van der Waals surface area contributed by atoms with Crippen molar-refractivity contribution in [3.8, 4) is 0 Å². The van der Waals surface area contributed by atoms with Crippen LogP contribution in [0.4, 0.5) is 15.8 Å². The topological polar surface area (TPSA) is 44.4 Å². The predicted molar refractivity (Wildman–Crippen MR) is 110 cm³/mol. The minimum atomic E-state index is -0.201. The zero-order valence-electron chi connectivity index (χ0n) is 15.9. The summed E-state index contributed by atoms with van der Waals surface area (Å²) in [5.41, 5.74) is 4.47. The molecule has 2 aliphatic heterocycles. The van der Waals surface area contributed by atoms with Gasteiger partial charge in [0.05, 0.1) is 24.4 Å². The average molecular weight is 380 g/mol. The molecule has 3 heterocycles. The fourth-order valence-corrected chi connectivity index (χ4v) is 4.42. The highest BCUT2D eigenvalue weighted by molar-refractivity contribution is 5.81. The number of aromatic nitrogens is 2. The van der Waals surface area contributed by atoms with Gasteiger partial charge in [-0.25, -0.2) is 4.39 Å². The average Bonchev–Trinajstić information content (AvgIpc) is 3.18. The van der Waals surface area contributed by atoms with E-state index in [2.05, 4.69) is 44.3 Å². The Morgan fingerprint density at radius 2 is 1.54 bits per heavy atom. The Morgan fingerprint density at radius 3 is 2.21 bits per heavy atom. The van der Waals surface area contributed by atoms with E-state index in [0.717, 1.165) is 68.8 Å². The lowest BCUT2D eigenvalue weighted by molar-refractivity contribution is 0.122. The van der Waals surface area contributed by atoms with Crippen molar-refractivity contribution in [3.05, 3.63) is 54.0 Å². The summed E-state index contributed by atoms with van der Waals surface area (Å²) in [6, 6.07) is 13.7. The lowest BCUT2D eigenvalue weighted by atomic mass is 9.91. The van der Waals surface area contributed by atoms with E-state index in [1.165, 1.54) is 17.4 Å². The van der Waals surface area contributed by atoms with Gasteiger partial charge in [-0.2, -0.15) is 5.10 Å². The zero-order chi connectivity index (χ0) is 18.9. The van der Waals surface area contributed by atoms with Gasteiger partial charge in [-0.05, 0) is 55.3 Å². The number of H-pyrrole nitrogens is 1. The molecule has 2 saturated heterocycles. The molecule has 1 aromatic heterocycles. The van der Waals surface area contributed by atoms with Gasteiger partial charge in [0.25, 0.3) is 0 Å². The van der Waals surface area contributed by atoms with Gasteiger partial charge in [0.15, 0.2) is 0 Å². The lowest BCUT2D eigenvalue weighted by Crippen LogP contribution is -2.36. The van der Waals surface area contributed by atoms with Crippen molar-refractivity contribution in [2.24, 2.45) is 0 Å². The first-order valence-corrected chi connectivity index (χ1v) is 10.1. The van der Waals surface area contributed by atoms with Crippen molar-refractivity contribution < 1.29 is 9.13 Å². The molecule has 2 fully saturated rings. The van der Waals surface area contributed by atoms with Crippen LogP contribution >= 0.6 is 0 Å². The van der Waals surface area contributed by atoms with Gasteiger partial charge < -0.3 is 14.5 Å². The van der Waals surface area contributed by atoms with Crippen LogP contribution in [0.2, 0.25) is 0 Å². The molecule has 0 aliphatic carbocycles. The number of aromatic amines is 1. The number of nitrogens with zero attached hydrogens (tertiary/aromatic N) is 3. The predicted octanol–water partition coefficient (Wildman–Crippen LogP) is 3.92. The number of hydrogen-bond acceptors (Lipinski definition) is 4. The van der Waals surface area contributed by atoms with Gasteiger partial charge in [0.1, 0.15) is 5.82 Å². The normalized spacial score (nSPS) is 18.8. The van der Waals surface area contributed by atoms with Crippen LogP contribution in [0.25, 0.3) is 10.9 Å². The van der Waals surface area contributed by atoms with Crippen LogP contribution in [0.15, 0.2) is 42.5 Å². The van der Waals surface area contributed by atoms with Crippen molar-refractivity contribution in [3.63, 3.8) is 0 Å². The minimum absolute atomic E-state index is 0.201. The number of halogens is 1. The number of piperidine rings is 1. The molecule has 0 radical (unpaired) electrons. The Hall–Kier alpha value is -2.60. The third kappa shape index (κ3) is 3.33. The van der Waals surface area contributed by atoms with Crippen LogP contribution in [0.1, 0.15) is 24.5 Å². The third-order valence-corrected chi connectivity index (χ3v) is 6.03. The molecule has 6 heteroatoms. The van der Waals surface area contributed by atoms with Gasteiger partial charge in [-0.3, -0.25) is 5.10 Å². The molecule has 0 amide bonds. The number of nitrogens with one attached hydrogen (secondary N) is 1. The van der Waals surface area contributed by atoms with Crippen LogP contribution in [0.5, 0.6) is 0 Å². The molecule has 2 aliphatic rings. The summed E-state index contributed by atoms with van der Waals surface area (Å²) in [6.07, 6.45) is 2.06. The summed E-state index contributed by atoms with van der Waals surface area (Å²) in [4.78, 5) is 4.82. The monoisotopic (exact) mass is 380 g/mol. The highest BCUT2D eigenvalue weighted by Crippen LogP contribution is 2.33. The summed E-state index contributed by atoms with van der Waals surface area (Å²) in [7, 11) is 0. The van der Waals surface area contributed by atoms with Gasteiger partial charge in [0, 0.05) is 48.9 Å². The Kier molecular flexibility index (Phi) is 4.64. The summed E-state index contributed by atoms with van der Waals surface area (Å²) >= 11 is 0. The molecular formula is C22H25FN4O. The first-order valence-electron chi connectivity index (χ1n) is 10.1. The molecule has 0 saturated carbocycles. The second kappa shape index (κ2) is 7.43. The molecular weight excluding hydrogens is 355 g/mol. The number of rotatable bonds is 3. The Bertz CT molecular complexity index is 941. The number of hydrogen-bond donors (Lipinski definition) is 1. The summed E-state index contributed by atoms with van der Waals surface area (Å²) in [5, 5.41) is 8.47. The quantitative estimate of drug-likeness (QED) is 0.748. The van der Waals surface area contributed by atoms with E-state index in [4.69, 9.17) is 4.74 Å². The second-order valence-electron chi connectivity index (χ2n) is 7.68. The Morgan fingerprint density at radius 1 is 0.893 bits per heavy atom. The van der Waals surface area contributed by atoms with E-state index in [1.807, 2.05) is 0 Å². The number of fused-ring (bicyclic) bond motifs is 1. The second-order valence-corrected chi connectivity index (χ2v) is 7.68. The summed E-state index contributed by atoms with van der Waals surface area (Å²) < 4.78 is 19.1. The molecule has 5 rings (SSSR count). The van der Waals surface area contributed by atoms with Crippen LogP contribution in [-0.4, -0.2) is 49.6 Å². The van der Waals surface area contributed by atoms with Crippen LogP contribution in [-0.2, 0) is 4.74 Å². The summed E-state index contributed by atoms with van der Waals surface area (Å²) in [6.45, 7) is 5.52. The van der Waals surface area contributed by atoms with Crippen molar-refractivity contribution in [2.45, 2.75) is 18.8 Å².